The molecule has 0 aliphatic carbocycles. The highest BCUT2D eigenvalue weighted by molar-refractivity contribution is 7.89. The van der Waals surface area contributed by atoms with Crippen molar-refractivity contribution in [2.24, 2.45) is 0 Å². The van der Waals surface area contributed by atoms with Crippen LogP contribution in [0.2, 0.25) is 0 Å². The van der Waals surface area contributed by atoms with Gasteiger partial charge < -0.3 is 14.8 Å². The maximum Gasteiger partial charge on any atom is 0.240 e. The van der Waals surface area contributed by atoms with E-state index in [4.69, 9.17) is 9.47 Å². The normalized spacial score (nSPS) is 14.0. The number of carbonyl (C=O) groups excluding carboxylic acids is 1. The zero-order valence-corrected chi connectivity index (χ0v) is 15.4. The van der Waals surface area contributed by atoms with Crippen molar-refractivity contribution in [3.05, 3.63) is 18.2 Å². The molecule has 1 aromatic rings. The van der Waals surface area contributed by atoms with Gasteiger partial charge in [0.25, 0.3) is 0 Å². The summed E-state index contributed by atoms with van der Waals surface area (Å²) in [5.74, 6) is 0.814. The molecule has 1 heterocycles. The van der Waals surface area contributed by atoms with Gasteiger partial charge in [-0.1, -0.05) is 19.8 Å². The molecule has 2 N–H and O–H groups in total. The first kappa shape index (κ1) is 19.5. The van der Waals surface area contributed by atoms with E-state index in [-0.39, 0.29) is 23.8 Å². The number of hydrogen-bond donors (Lipinski definition) is 2. The summed E-state index contributed by atoms with van der Waals surface area (Å²) in [5, 5.41) is 2.78. The smallest absolute Gasteiger partial charge is 0.240 e. The molecular formula is C17H26N2O5S. The number of hydrogen-bond acceptors (Lipinski definition) is 5. The Balaban J connectivity index is 1.85. The molecule has 2 rings (SSSR count). The number of ether oxygens (including phenoxy) is 2. The fourth-order valence-corrected chi connectivity index (χ4v) is 3.43. The standard InChI is InChI=1S/C17H26N2O5S/c1-2-3-4-9-18-17(20)8-10-19-25(21,22)14-6-7-15-16(13-14)24-12-5-11-23-15/h6-7,13,19H,2-5,8-12H2,1H3,(H,18,20). The van der Waals surface area contributed by atoms with Crippen LogP contribution in [-0.2, 0) is 14.8 Å². The van der Waals surface area contributed by atoms with Crippen molar-refractivity contribution >= 4 is 15.9 Å². The minimum Gasteiger partial charge on any atom is -0.490 e. The first-order chi connectivity index (χ1) is 12.0. The van der Waals surface area contributed by atoms with E-state index < -0.39 is 10.0 Å². The summed E-state index contributed by atoms with van der Waals surface area (Å²) in [5.41, 5.74) is 0. The number of rotatable bonds is 9. The number of amides is 1. The van der Waals surface area contributed by atoms with Crippen LogP contribution in [0.4, 0.5) is 0 Å². The molecule has 140 valence electrons. The molecule has 1 aliphatic rings. The summed E-state index contributed by atoms with van der Waals surface area (Å²) in [7, 11) is -3.70. The molecule has 1 aromatic carbocycles. The van der Waals surface area contributed by atoms with Gasteiger partial charge >= 0.3 is 0 Å². The lowest BCUT2D eigenvalue weighted by Crippen LogP contribution is -2.31. The third-order valence-electron chi connectivity index (χ3n) is 3.78. The molecule has 0 atom stereocenters. The summed E-state index contributed by atoms with van der Waals surface area (Å²) in [6.07, 6.45) is 3.95. The minimum absolute atomic E-state index is 0.0520. The van der Waals surface area contributed by atoms with Crippen molar-refractivity contribution in [3.63, 3.8) is 0 Å². The predicted molar refractivity (Wildman–Crippen MR) is 94.4 cm³/mol. The molecule has 1 aliphatic heterocycles. The van der Waals surface area contributed by atoms with Gasteiger partial charge in [-0.25, -0.2) is 13.1 Å². The quantitative estimate of drug-likeness (QED) is 0.647. The second-order valence-electron chi connectivity index (χ2n) is 5.86. The first-order valence-electron chi connectivity index (χ1n) is 8.69. The summed E-state index contributed by atoms with van der Waals surface area (Å²) in [4.78, 5) is 11.8. The van der Waals surface area contributed by atoms with E-state index in [1.165, 1.54) is 12.1 Å². The highest BCUT2D eigenvalue weighted by atomic mass is 32.2. The Morgan fingerprint density at radius 3 is 2.64 bits per heavy atom. The van der Waals surface area contributed by atoms with E-state index in [2.05, 4.69) is 17.0 Å². The van der Waals surface area contributed by atoms with Crippen molar-refractivity contribution in [1.29, 1.82) is 0 Å². The topological polar surface area (TPSA) is 93.7 Å². The van der Waals surface area contributed by atoms with Crippen molar-refractivity contribution < 1.29 is 22.7 Å². The number of sulfonamides is 1. The lowest BCUT2D eigenvalue weighted by Gasteiger charge is -2.11. The molecule has 0 saturated heterocycles. The number of unbranched alkanes of at least 4 members (excludes halogenated alkanes) is 2. The Hall–Kier alpha value is -1.80. The lowest BCUT2D eigenvalue weighted by atomic mass is 10.2. The molecule has 0 radical (unpaired) electrons. The summed E-state index contributed by atoms with van der Waals surface area (Å²) < 4.78 is 38.1. The minimum atomic E-state index is -3.70. The second kappa shape index (κ2) is 9.62. The summed E-state index contributed by atoms with van der Waals surface area (Å²) in [6.45, 7) is 3.81. The van der Waals surface area contributed by atoms with Crippen LogP contribution >= 0.6 is 0 Å². The number of benzene rings is 1. The van der Waals surface area contributed by atoms with Crippen LogP contribution in [0, 0.1) is 0 Å². The van der Waals surface area contributed by atoms with Crippen LogP contribution < -0.4 is 19.5 Å². The molecule has 0 bridgehead atoms. The monoisotopic (exact) mass is 370 g/mol. The van der Waals surface area contributed by atoms with Crippen molar-refractivity contribution in [1.82, 2.24) is 10.0 Å². The van der Waals surface area contributed by atoms with Gasteiger partial charge in [0, 0.05) is 32.0 Å². The third kappa shape index (κ3) is 6.21. The Morgan fingerprint density at radius 1 is 1.12 bits per heavy atom. The zero-order chi connectivity index (χ0) is 18.1. The van der Waals surface area contributed by atoms with E-state index >= 15 is 0 Å². The van der Waals surface area contributed by atoms with Crippen LogP contribution in [0.1, 0.15) is 39.0 Å². The van der Waals surface area contributed by atoms with Gasteiger partial charge in [-0.2, -0.15) is 0 Å². The van der Waals surface area contributed by atoms with Gasteiger partial charge in [-0.05, 0) is 18.6 Å². The molecule has 0 unspecified atom stereocenters. The van der Waals surface area contributed by atoms with E-state index in [1.807, 2.05) is 0 Å². The zero-order valence-electron chi connectivity index (χ0n) is 14.5. The number of carbonyl (C=O) groups is 1. The second-order valence-corrected chi connectivity index (χ2v) is 7.63. The van der Waals surface area contributed by atoms with E-state index in [0.29, 0.717) is 31.3 Å². The van der Waals surface area contributed by atoms with Crippen molar-refractivity contribution in [3.8, 4) is 11.5 Å². The highest BCUT2D eigenvalue weighted by Crippen LogP contribution is 2.31. The SMILES string of the molecule is CCCCCNC(=O)CCNS(=O)(=O)c1ccc2c(c1)OCCCO2. The van der Waals surface area contributed by atoms with Gasteiger partial charge in [0.2, 0.25) is 15.9 Å². The summed E-state index contributed by atoms with van der Waals surface area (Å²) >= 11 is 0. The van der Waals surface area contributed by atoms with Crippen LogP contribution in [0.25, 0.3) is 0 Å². The Morgan fingerprint density at radius 2 is 1.88 bits per heavy atom. The molecule has 0 spiro atoms. The van der Waals surface area contributed by atoms with Crippen LogP contribution in [0.5, 0.6) is 11.5 Å². The molecule has 1 amide bonds. The van der Waals surface area contributed by atoms with Gasteiger partial charge in [0.15, 0.2) is 11.5 Å². The van der Waals surface area contributed by atoms with Gasteiger partial charge in [0.1, 0.15) is 0 Å². The molecular weight excluding hydrogens is 344 g/mol. The van der Waals surface area contributed by atoms with Crippen molar-refractivity contribution in [2.75, 3.05) is 26.3 Å². The fraction of sp³-hybridized carbons (Fsp3) is 0.588. The lowest BCUT2D eigenvalue weighted by molar-refractivity contribution is -0.120. The number of fused-ring (bicyclic) bond motifs is 1. The van der Waals surface area contributed by atoms with Crippen LogP contribution in [0.3, 0.4) is 0 Å². The molecule has 8 heteroatoms. The largest absolute Gasteiger partial charge is 0.490 e. The Labute approximate surface area is 149 Å². The molecule has 0 saturated carbocycles. The first-order valence-corrected chi connectivity index (χ1v) is 10.2. The molecule has 7 nitrogen and oxygen atoms in total. The predicted octanol–water partition coefficient (Wildman–Crippen LogP) is 1.82. The Bertz CT molecular complexity index is 676. The van der Waals surface area contributed by atoms with Gasteiger partial charge in [0.05, 0.1) is 18.1 Å². The van der Waals surface area contributed by atoms with E-state index in [0.717, 1.165) is 25.7 Å². The highest BCUT2D eigenvalue weighted by Gasteiger charge is 2.18. The average molecular weight is 370 g/mol. The van der Waals surface area contributed by atoms with Gasteiger partial charge in [-0.3, -0.25) is 4.79 Å². The molecule has 25 heavy (non-hydrogen) atoms. The maximum atomic E-state index is 12.3. The average Bonchev–Trinajstić information content (AvgIpc) is 2.83. The molecule has 0 aromatic heterocycles. The van der Waals surface area contributed by atoms with Gasteiger partial charge in [-0.15, -0.1) is 0 Å². The van der Waals surface area contributed by atoms with Crippen LogP contribution in [-0.4, -0.2) is 40.6 Å². The van der Waals surface area contributed by atoms with E-state index in [9.17, 15) is 13.2 Å². The van der Waals surface area contributed by atoms with Crippen LogP contribution in [0.15, 0.2) is 23.1 Å². The number of nitrogens with one attached hydrogen (secondary N) is 2. The fourth-order valence-electron chi connectivity index (χ4n) is 2.38. The molecule has 0 fully saturated rings. The summed E-state index contributed by atoms with van der Waals surface area (Å²) in [6, 6.07) is 4.52. The van der Waals surface area contributed by atoms with Crippen molar-refractivity contribution in [2.45, 2.75) is 43.9 Å². The Kier molecular flexibility index (Phi) is 7.52. The van der Waals surface area contributed by atoms with E-state index in [1.54, 1.807) is 6.07 Å². The maximum absolute atomic E-state index is 12.3. The third-order valence-corrected chi connectivity index (χ3v) is 5.23.